The van der Waals surface area contributed by atoms with Crippen LogP contribution in [0, 0.1) is 18.6 Å². The van der Waals surface area contributed by atoms with E-state index < -0.39 is 11.6 Å². The zero-order chi connectivity index (χ0) is 7.72. The maximum Gasteiger partial charge on any atom is 0.145 e. The van der Waals surface area contributed by atoms with E-state index in [-0.39, 0.29) is 10.6 Å². The zero-order valence-electron chi connectivity index (χ0n) is 5.00. The van der Waals surface area contributed by atoms with Gasteiger partial charge in [0.05, 0.1) is 5.02 Å². The van der Waals surface area contributed by atoms with Crippen molar-refractivity contribution in [3.05, 3.63) is 41.3 Å². The summed E-state index contributed by atoms with van der Waals surface area (Å²) >= 11 is 5.26. The molecule has 0 aromatic heterocycles. The predicted octanol–water partition coefficient (Wildman–Crippen LogP) is 2.80. The molecule has 0 fully saturated rings. The van der Waals surface area contributed by atoms with Crippen molar-refractivity contribution in [2.24, 2.45) is 0 Å². The van der Waals surface area contributed by atoms with Gasteiger partial charge in [0.1, 0.15) is 11.6 Å². The van der Waals surface area contributed by atoms with Gasteiger partial charge in [-0.1, -0.05) is 11.6 Å². The lowest BCUT2D eigenvalue weighted by Gasteiger charge is -1.97. The first-order chi connectivity index (χ1) is 4.61. The highest BCUT2D eigenvalue weighted by Crippen LogP contribution is 2.18. The van der Waals surface area contributed by atoms with Crippen LogP contribution in [0.3, 0.4) is 0 Å². The molecule has 0 amide bonds. The van der Waals surface area contributed by atoms with Gasteiger partial charge in [-0.3, -0.25) is 0 Å². The first-order valence-electron chi connectivity index (χ1n) is 2.58. The molecule has 3 heteroatoms. The molecule has 1 rings (SSSR count). The Bertz CT molecular complexity index is 235. The van der Waals surface area contributed by atoms with Crippen molar-refractivity contribution in [3.8, 4) is 0 Å². The highest BCUT2D eigenvalue weighted by Gasteiger charge is 2.04. The molecule has 0 aliphatic carbocycles. The Morgan fingerprint density at radius 2 is 1.90 bits per heavy atom. The molecule has 1 aromatic rings. The third kappa shape index (κ3) is 1.27. The van der Waals surface area contributed by atoms with Crippen LogP contribution < -0.4 is 0 Å². The van der Waals surface area contributed by atoms with E-state index in [9.17, 15) is 8.78 Å². The Morgan fingerprint density at radius 3 is 2.40 bits per heavy atom. The van der Waals surface area contributed by atoms with Gasteiger partial charge in [0.15, 0.2) is 0 Å². The molecule has 0 unspecified atom stereocenters. The van der Waals surface area contributed by atoms with Gasteiger partial charge in [-0.05, 0) is 24.6 Å². The first-order valence-corrected chi connectivity index (χ1v) is 2.95. The molecule has 0 heterocycles. The van der Waals surface area contributed by atoms with E-state index in [0.717, 1.165) is 12.1 Å². The van der Waals surface area contributed by atoms with Crippen LogP contribution in [0.4, 0.5) is 8.78 Å². The Labute approximate surface area is 62.4 Å². The number of rotatable bonds is 0. The maximum absolute atomic E-state index is 12.5. The van der Waals surface area contributed by atoms with Gasteiger partial charge in [-0.2, -0.15) is 0 Å². The summed E-state index contributed by atoms with van der Waals surface area (Å²) in [5, 5.41) is -0.231. The molecular weight excluding hydrogens is 158 g/mol. The van der Waals surface area contributed by atoms with Crippen molar-refractivity contribution in [2.75, 3.05) is 0 Å². The van der Waals surface area contributed by atoms with Crippen LogP contribution >= 0.6 is 11.6 Å². The van der Waals surface area contributed by atoms with Crippen LogP contribution in [0.15, 0.2) is 12.1 Å². The molecular formula is C7H4ClF2. The molecule has 10 heavy (non-hydrogen) atoms. The van der Waals surface area contributed by atoms with Gasteiger partial charge in [0.25, 0.3) is 0 Å². The average molecular weight is 162 g/mol. The van der Waals surface area contributed by atoms with E-state index in [0.29, 0.717) is 0 Å². The van der Waals surface area contributed by atoms with Crippen molar-refractivity contribution in [1.29, 1.82) is 0 Å². The second kappa shape index (κ2) is 2.54. The van der Waals surface area contributed by atoms with E-state index in [2.05, 4.69) is 6.92 Å². The molecule has 0 N–H and O–H groups in total. The molecule has 1 radical (unpaired) electrons. The normalized spacial score (nSPS) is 10.0. The fourth-order valence-corrected chi connectivity index (χ4v) is 0.835. The summed E-state index contributed by atoms with van der Waals surface area (Å²) in [5.74, 6) is -1.24. The number of hydrogen-bond acceptors (Lipinski definition) is 0. The number of halogens is 3. The SMILES string of the molecule is [CH2]c1cc(F)cc(Cl)c1F. The van der Waals surface area contributed by atoms with Gasteiger partial charge < -0.3 is 0 Å². The highest BCUT2D eigenvalue weighted by atomic mass is 35.5. The second-order valence-electron chi connectivity index (χ2n) is 1.86. The molecule has 0 aliphatic heterocycles. The largest absolute Gasteiger partial charge is 0.207 e. The van der Waals surface area contributed by atoms with E-state index in [4.69, 9.17) is 11.6 Å². The van der Waals surface area contributed by atoms with Gasteiger partial charge in [-0.15, -0.1) is 0 Å². The molecule has 0 spiro atoms. The first kappa shape index (κ1) is 7.48. The minimum absolute atomic E-state index is 0.0231. The quantitative estimate of drug-likeness (QED) is 0.514. The van der Waals surface area contributed by atoms with E-state index >= 15 is 0 Å². The standard InChI is InChI=1S/C7H4ClF2/c1-4-2-5(9)3-6(8)7(4)10/h2-3H,1H2. The van der Waals surface area contributed by atoms with Gasteiger partial charge >= 0.3 is 0 Å². The van der Waals surface area contributed by atoms with Crippen LogP contribution in [0.25, 0.3) is 0 Å². The van der Waals surface area contributed by atoms with Gasteiger partial charge in [0, 0.05) is 0 Å². The molecule has 0 saturated heterocycles. The smallest absolute Gasteiger partial charge is 0.145 e. The summed E-state index contributed by atoms with van der Waals surface area (Å²) in [5.41, 5.74) is -0.0231. The molecule has 0 nitrogen and oxygen atoms in total. The summed E-state index contributed by atoms with van der Waals surface area (Å²) in [7, 11) is 0. The van der Waals surface area contributed by atoms with E-state index in [1.54, 1.807) is 0 Å². The summed E-state index contributed by atoms with van der Waals surface area (Å²) in [6, 6.07) is 1.90. The average Bonchev–Trinajstić information content (AvgIpc) is 1.82. The minimum atomic E-state index is -0.664. The van der Waals surface area contributed by atoms with Crippen LogP contribution in [0.5, 0.6) is 0 Å². The Kier molecular flexibility index (Phi) is 1.90. The van der Waals surface area contributed by atoms with E-state index in [1.165, 1.54) is 0 Å². The van der Waals surface area contributed by atoms with Crippen molar-refractivity contribution in [1.82, 2.24) is 0 Å². The molecule has 53 valence electrons. The Hall–Kier alpha value is -0.630. The van der Waals surface area contributed by atoms with Crippen LogP contribution in [0.2, 0.25) is 5.02 Å². The summed E-state index contributed by atoms with van der Waals surface area (Å²) in [4.78, 5) is 0. The number of benzene rings is 1. The molecule has 0 saturated carbocycles. The van der Waals surface area contributed by atoms with Gasteiger partial charge in [-0.25, -0.2) is 8.78 Å². The van der Waals surface area contributed by atoms with Crippen LogP contribution in [-0.2, 0) is 0 Å². The van der Waals surface area contributed by atoms with Crippen LogP contribution in [0.1, 0.15) is 5.56 Å². The molecule has 0 aliphatic rings. The zero-order valence-corrected chi connectivity index (χ0v) is 5.75. The number of hydrogen-bond donors (Lipinski definition) is 0. The Balaban J connectivity index is 3.31. The lowest BCUT2D eigenvalue weighted by atomic mass is 10.2. The fraction of sp³-hybridized carbons (Fsp3) is 0. The van der Waals surface area contributed by atoms with Gasteiger partial charge in [0.2, 0.25) is 0 Å². The summed E-state index contributed by atoms with van der Waals surface area (Å²) < 4.78 is 24.9. The van der Waals surface area contributed by atoms with Crippen molar-refractivity contribution < 1.29 is 8.78 Å². The third-order valence-electron chi connectivity index (χ3n) is 1.07. The molecule has 0 atom stereocenters. The highest BCUT2D eigenvalue weighted by molar-refractivity contribution is 6.30. The minimum Gasteiger partial charge on any atom is -0.207 e. The second-order valence-corrected chi connectivity index (χ2v) is 2.27. The fourth-order valence-electron chi connectivity index (χ4n) is 0.609. The van der Waals surface area contributed by atoms with E-state index in [1.807, 2.05) is 0 Å². The summed E-state index contributed by atoms with van der Waals surface area (Å²) in [6.45, 7) is 3.24. The van der Waals surface area contributed by atoms with Crippen molar-refractivity contribution in [2.45, 2.75) is 0 Å². The molecule has 0 bridgehead atoms. The monoisotopic (exact) mass is 161 g/mol. The van der Waals surface area contributed by atoms with Crippen LogP contribution in [-0.4, -0.2) is 0 Å². The lowest BCUT2D eigenvalue weighted by molar-refractivity contribution is 0.596. The predicted molar refractivity (Wildman–Crippen MR) is 35.8 cm³/mol. The summed E-state index contributed by atoms with van der Waals surface area (Å²) in [6.07, 6.45) is 0. The third-order valence-corrected chi connectivity index (χ3v) is 1.34. The Morgan fingerprint density at radius 1 is 1.30 bits per heavy atom. The maximum atomic E-state index is 12.5. The van der Waals surface area contributed by atoms with Crippen molar-refractivity contribution in [3.63, 3.8) is 0 Å². The topological polar surface area (TPSA) is 0 Å². The molecule has 1 aromatic carbocycles. The van der Waals surface area contributed by atoms with Crippen molar-refractivity contribution >= 4 is 11.6 Å². The lowest BCUT2D eigenvalue weighted by Crippen LogP contribution is -1.85.